The Morgan fingerprint density at radius 2 is 2.17 bits per heavy atom. The highest BCUT2D eigenvalue weighted by Crippen LogP contribution is 2.35. The van der Waals surface area contributed by atoms with Gasteiger partial charge in [-0.25, -0.2) is 0 Å². The van der Waals surface area contributed by atoms with Gasteiger partial charge in [-0.2, -0.15) is 0 Å². The molecule has 0 aliphatic heterocycles. The summed E-state index contributed by atoms with van der Waals surface area (Å²) in [5.41, 5.74) is 0.171. The van der Waals surface area contributed by atoms with E-state index in [2.05, 4.69) is 34.7 Å². The summed E-state index contributed by atoms with van der Waals surface area (Å²) in [5.74, 6) is -0.103. The first-order valence-electron chi connectivity index (χ1n) is 6.35. The van der Waals surface area contributed by atoms with Crippen LogP contribution < -0.4 is 10.6 Å². The molecule has 6 heteroatoms. The van der Waals surface area contributed by atoms with Crippen LogP contribution in [-0.4, -0.2) is 29.2 Å². The maximum absolute atomic E-state index is 12.1. The van der Waals surface area contributed by atoms with E-state index >= 15 is 0 Å². The normalized spacial score (nSPS) is 22.5. The van der Waals surface area contributed by atoms with Crippen molar-refractivity contribution >= 4 is 22.4 Å². The van der Waals surface area contributed by atoms with Gasteiger partial charge in [0, 0.05) is 13.1 Å². The molecule has 1 atom stereocenters. The number of rotatable bonds is 3. The lowest BCUT2D eigenvalue weighted by Crippen LogP contribution is -2.46. The monoisotopic (exact) mass is 268 g/mol. The zero-order valence-corrected chi connectivity index (χ0v) is 11.9. The number of nitrogens with one attached hydrogen (secondary N) is 2. The van der Waals surface area contributed by atoms with Crippen molar-refractivity contribution in [1.82, 2.24) is 15.5 Å². The third-order valence-corrected chi connectivity index (χ3v) is 4.59. The molecule has 1 aromatic rings. The van der Waals surface area contributed by atoms with Crippen molar-refractivity contribution in [1.29, 1.82) is 0 Å². The van der Waals surface area contributed by atoms with Crippen molar-refractivity contribution in [3.05, 3.63) is 5.01 Å². The van der Waals surface area contributed by atoms with Crippen LogP contribution in [0.4, 0.5) is 5.13 Å². The Kier molecular flexibility index (Phi) is 3.85. The van der Waals surface area contributed by atoms with Crippen molar-refractivity contribution in [3.8, 4) is 0 Å². The van der Waals surface area contributed by atoms with E-state index in [4.69, 9.17) is 0 Å². The zero-order chi connectivity index (χ0) is 13.2. The molecule has 2 N–H and O–H groups in total. The fourth-order valence-electron chi connectivity index (χ4n) is 2.40. The van der Waals surface area contributed by atoms with E-state index in [-0.39, 0.29) is 17.4 Å². The van der Waals surface area contributed by atoms with Gasteiger partial charge >= 0.3 is 0 Å². The molecular formula is C12H20N4OS. The molecule has 1 amide bonds. The molecule has 1 fully saturated rings. The Hall–Kier alpha value is -1.17. The molecule has 0 aromatic carbocycles. The van der Waals surface area contributed by atoms with Gasteiger partial charge in [0.15, 0.2) is 0 Å². The van der Waals surface area contributed by atoms with Crippen molar-refractivity contribution in [2.45, 2.75) is 45.6 Å². The number of hydrogen-bond acceptors (Lipinski definition) is 5. The molecule has 0 bridgehead atoms. The van der Waals surface area contributed by atoms with Crippen LogP contribution in [0.1, 0.15) is 49.3 Å². The van der Waals surface area contributed by atoms with Crippen LogP contribution in [0.2, 0.25) is 0 Å². The fraction of sp³-hybridized carbons (Fsp3) is 0.750. The predicted octanol–water partition coefficient (Wildman–Crippen LogP) is 2.28. The summed E-state index contributed by atoms with van der Waals surface area (Å²) in [7, 11) is 1.77. The third-order valence-electron chi connectivity index (χ3n) is 3.65. The van der Waals surface area contributed by atoms with Crippen LogP contribution in [0.15, 0.2) is 0 Å². The number of hydrogen-bond donors (Lipinski definition) is 2. The molecule has 0 radical (unpaired) electrons. The van der Waals surface area contributed by atoms with Gasteiger partial charge in [-0.1, -0.05) is 38.0 Å². The van der Waals surface area contributed by atoms with Gasteiger partial charge in [0.05, 0.1) is 0 Å². The molecule has 1 aliphatic rings. The first-order chi connectivity index (χ1) is 8.53. The molecule has 5 nitrogen and oxygen atoms in total. The Bertz CT molecular complexity index is 429. The van der Waals surface area contributed by atoms with Crippen LogP contribution in [0.3, 0.4) is 0 Å². The minimum absolute atomic E-state index is 0.103. The van der Waals surface area contributed by atoms with Gasteiger partial charge < -0.3 is 10.6 Å². The highest BCUT2D eigenvalue weighted by Gasteiger charge is 2.33. The second kappa shape index (κ2) is 5.22. The van der Waals surface area contributed by atoms with Crippen LogP contribution in [-0.2, 0) is 0 Å². The maximum atomic E-state index is 12.1. The number of amides is 1. The lowest BCUT2D eigenvalue weighted by atomic mass is 9.73. The summed E-state index contributed by atoms with van der Waals surface area (Å²) in [5, 5.41) is 14.9. The number of carbonyl (C=O) groups is 1. The smallest absolute Gasteiger partial charge is 0.282 e. The fourth-order valence-corrected chi connectivity index (χ4v) is 3.00. The summed E-state index contributed by atoms with van der Waals surface area (Å²) >= 11 is 1.28. The van der Waals surface area contributed by atoms with E-state index in [1.54, 1.807) is 7.05 Å². The van der Waals surface area contributed by atoms with Gasteiger partial charge in [-0.3, -0.25) is 4.79 Å². The lowest BCUT2D eigenvalue weighted by Gasteiger charge is -2.38. The SMILES string of the molecule is CNc1nnc(C(=O)NC2CCCCC2(C)C)s1. The van der Waals surface area contributed by atoms with Crippen LogP contribution in [0.25, 0.3) is 0 Å². The molecule has 1 unspecified atom stereocenters. The second-order valence-corrected chi connectivity index (χ2v) is 6.40. The Morgan fingerprint density at radius 3 is 2.78 bits per heavy atom. The first kappa shape index (κ1) is 13.3. The molecule has 100 valence electrons. The number of anilines is 1. The van der Waals surface area contributed by atoms with E-state index in [0.717, 1.165) is 12.8 Å². The first-order valence-corrected chi connectivity index (χ1v) is 7.17. The van der Waals surface area contributed by atoms with Crippen molar-refractivity contribution < 1.29 is 4.79 Å². The van der Waals surface area contributed by atoms with Crippen LogP contribution in [0.5, 0.6) is 0 Å². The molecule has 1 aromatic heterocycles. The van der Waals surface area contributed by atoms with E-state index in [1.165, 1.54) is 24.2 Å². The van der Waals surface area contributed by atoms with E-state index in [9.17, 15) is 4.79 Å². The topological polar surface area (TPSA) is 66.9 Å². The maximum Gasteiger partial charge on any atom is 0.282 e. The molecule has 2 rings (SSSR count). The van der Waals surface area contributed by atoms with E-state index < -0.39 is 0 Å². The number of nitrogens with zero attached hydrogens (tertiary/aromatic N) is 2. The van der Waals surface area contributed by atoms with Crippen LogP contribution in [0, 0.1) is 5.41 Å². The van der Waals surface area contributed by atoms with Crippen molar-refractivity contribution in [2.75, 3.05) is 12.4 Å². The minimum Gasteiger partial charge on any atom is -0.363 e. The zero-order valence-electron chi connectivity index (χ0n) is 11.1. The average molecular weight is 268 g/mol. The molecule has 18 heavy (non-hydrogen) atoms. The molecule has 1 saturated carbocycles. The third kappa shape index (κ3) is 2.80. The van der Waals surface area contributed by atoms with E-state index in [1.807, 2.05) is 0 Å². The largest absolute Gasteiger partial charge is 0.363 e. The Labute approximate surface area is 111 Å². The number of carbonyl (C=O) groups excluding carboxylic acids is 1. The second-order valence-electron chi connectivity index (χ2n) is 5.42. The van der Waals surface area contributed by atoms with E-state index in [0.29, 0.717) is 10.1 Å². The Balaban J connectivity index is 2.02. The van der Waals surface area contributed by atoms with Crippen molar-refractivity contribution in [3.63, 3.8) is 0 Å². The summed E-state index contributed by atoms with van der Waals surface area (Å²) in [6.07, 6.45) is 4.65. The highest BCUT2D eigenvalue weighted by molar-refractivity contribution is 7.17. The van der Waals surface area contributed by atoms with Crippen molar-refractivity contribution in [2.24, 2.45) is 5.41 Å². The molecular weight excluding hydrogens is 248 g/mol. The quantitative estimate of drug-likeness (QED) is 0.882. The standard InChI is InChI=1S/C12H20N4OS/c1-12(2)7-5-4-6-8(12)14-9(17)10-15-16-11(13-3)18-10/h8H,4-7H2,1-3H3,(H,13,16)(H,14,17). The Morgan fingerprint density at radius 1 is 1.39 bits per heavy atom. The van der Waals surface area contributed by atoms with Gasteiger partial charge in [-0.15, -0.1) is 10.2 Å². The molecule has 1 aliphatic carbocycles. The minimum atomic E-state index is -0.103. The van der Waals surface area contributed by atoms with Gasteiger partial charge in [0.2, 0.25) is 10.1 Å². The van der Waals surface area contributed by atoms with Gasteiger partial charge in [-0.05, 0) is 18.3 Å². The highest BCUT2D eigenvalue weighted by atomic mass is 32.1. The summed E-state index contributed by atoms with van der Waals surface area (Å²) < 4.78 is 0. The summed E-state index contributed by atoms with van der Waals surface area (Å²) in [6, 6.07) is 0.237. The molecule has 1 heterocycles. The van der Waals surface area contributed by atoms with Crippen LogP contribution >= 0.6 is 11.3 Å². The molecule has 0 spiro atoms. The average Bonchev–Trinajstić information content (AvgIpc) is 2.80. The molecule has 0 saturated heterocycles. The lowest BCUT2D eigenvalue weighted by molar-refractivity contribution is 0.0852. The predicted molar refractivity (Wildman–Crippen MR) is 73.0 cm³/mol. The summed E-state index contributed by atoms with van der Waals surface area (Å²) in [4.78, 5) is 12.1. The van der Waals surface area contributed by atoms with Gasteiger partial charge in [0.1, 0.15) is 0 Å². The number of aromatic nitrogens is 2. The van der Waals surface area contributed by atoms with Gasteiger partial charge in [0.25, 0.3) is 5.91 Å². The summed E-state index contributed by atoms with van der Waals surface area (Å²) in [6.45, 7) is 4.44.